The maximum Gasteiger partial charge on any atom is 0.215 e. The van der Waals surface area contributed by atoms with Gasteiger partial charge in [0.05, 0.1) is 12.4 Å². The van der Waals surface area contributed by atoms with Crippen molar-refractivity contribution in [1.29, 1.82) is 0 Å². The molecule has 2 rings (SSSR count). The van der Waals surface area contributed by atoms with Crippen molar-refractivity contribution >= 4 is 10.0 Å². The molecule has 0 spiro atoms. The van der Waals surface area contributed by atoms with E-state index in [0.717, 1.165) is 18.4 Å². The first kappa shape index (κ1) is 16.5. The molecule has 0 radical (unpaired) electrons. The van der Waals surface area contributed by atoms with Crippen LogP contribution >= 0.6 is 0 Å². The zero-order valence-electron chi connectivity index (χ0n) is 12.6. The van der Waals surface area contributed by atoms with Crippen molar-refractivity contribution in [3.05, 3.63) is 35.4 Å². The predicted molar refractivity (Wildman–Crippen MR) is 84.1 cm³/mol. The third-order valence-electron chi connectivity index (χ3n) is 4.17. The molecule has 0 heterocycles. The largest absolute Gasteiger partial charge is 0.392 e. The number of aliphatic hydroxyl groups is 1. The second-order valence-corrected chi connectivity index (χ2v) is 8.03. The van der Waals surface area contributed by atoms with Crippen LogP contribution in [0.25, 0.3) is 0 Å². The van der Waals surface area contributed by atoms with Crippen LogP contribution in [-0.4, -0.2) is 20.1 Å². The predicted octanol–water partition coefficient (Wildman–Crippen LogP) is 2.42. The highest BCUT2D eigenvalue weighted by Gasteiger charge is 2.21. The molecule has 0 aromatic heterocycles. The van der Waals surface area contributed by atoms with E-state index in [0.29, 0.717) is 23.9 Å². The van der Waals surface area contributed by atoms with E-state index < -0.39 is 10.0 Å². The Bertz CT molecular complexity index is 556. The summed E-state index contributed by atoms with van der Waals surface area (Å²) in [7, 11) is -3.31. The minimum atomic E-state index is -3.31. The average molecular weight is 311 g/mol. The highest BCUT2D eigenvalue weighted by molar-refractivity contribution is 7.88. The van der Waals surface area contributed by atoms with E-state index in [1.54, 1.807) is 24.3 Å². The maximum absolute atomic E-state index is 12.2. The Labute approximate surface area is 127 Å². The van der Waals surface area contributed by atoms with Crippen LogP contribution in [0.15, 0.2) is 24.3 Å². The fourth-order valence-electron chi connectivity index (χ4n) is 3.08. The molecule has 1 saturated carbocycles. The van der Waals surface area contributed by atoms with Gasteiger partial charge in [-0.15, -0.1) is 0 Å². The summed E-state index contributed by atoms with van der Waals surface area (Å²) in [5.41, 5.74) is 1.45. The lowest BCUT2D eigenvalue weighted by atomic mass is 9.83. The summed E-state index contributed by atoms with van der Waals surface area (Å²) in [6, 6.07) is 7.08. The third kappa shape index (κ3) is 5.41. The second-order valence-electron chi connectivity index (χ2n) is 6.22. The van der Waals surface area contributed by atoms with E-state index in [9.17, 15) is 8.42 Å². The lowest BCUT2D eigenvalue weighted by Gasteiger charge is -2.26. The van der Waals surface area contributed by atoms with Crippen molar-refractivity contribution in [3.8, 4) is 0 Å². The molecular weight excluding hydrogens is 286 g/mol. The normalized spacial score (nSPS) is 23.1. The molecule has 0 aliphatic heterocycles. The summed E-state index contributed by atoms with van der Waals surface area (Å²) in [6.07, 6.45) is 4.69. The van der Waals surface area contributed by atoms with E-state index in [2.05, 4.69) is 11.6 Å². The summed E-state index contributed by atoms with van der Waals surface area (Å²) >= 11 is 0. The fourth-order valence-corrected chi connectivity index (χ4v) is 4.29. The number of nitrogens with one attached hydrogen (secondary N) is 1. The van der Waals surface area contributed by atoms with Gasteiger partial charge in [-0.05, 0) is 35.8 Å². The van der Waals surface area contributed by atoms with E-state index in [-0.39, 0.29) is 12.4 Å². The minimum Gasteiger partial charge on any atom is -0.392 e. The van der Waals surface area contributed by atoms with E-state index in [4.69, 9.17) is 5.11 Å². The zero-order valence-corrected chi connectivity index (χ0v) is 13.4. The van der Waals surface area contributed by atoms with Crippen molar-refractivity contribution in [2.24, 2.45) is 11.8 Å². The van der Waals surface area contributed by atoms with Gasteiger partial charge in [0.15, 0.2) is 0 Å². The number of sulfonamides is 1. The molecule has 1 aliphatic rings. The van der Waals surface area contributed by atoms with Crippen molar-refractivity contribution in [1.82, 2.24) is 4.72 Å². The van der Waals surface area contributed by atoms with Crippen molar-refractivity contribution in [2.75, 3.05) is 6.54 Å². The van der Waals surface area contributed by atoms with E-state index in [1.165, 1.54) is 12.8 Å². The summed E-state index contributed by atoms with van der Waals surface area (Å²) in [4.78, 5) is 0. The third-order valence-corrected chi connectivity index (χ3v) is 5.49. The summed E-state index contributed by atoms with van der Waals surface area (Å²) in [5.74, 6) is 1.14. The van der Waals surface area contributed by atoms with Crippen LogP contribution in [0.2, 0.25) is 0 Å². The SMILES string of the molecule is CC1CCCC(CNS(=O)(=O)Cc2cccc(CO)c2)C1. The molecule has 2 atom stereocenters. The standard InChI is InChI=1S/C16H25NO3S/c1-13-4-2-5-14(8-13)10-17-21(19,20)12-16-7-3-6-15(9-16)11-18/h3,6-7,9,13-14,17-18H,2,4-5,8,10-12H2,1H3. The van der Waals surface area contributed by atoms with Gasteiger partial charge in [-0.2, -0.15) is 0 Å². The summed E-state index contributed by atoms with van der Waals surface area (Å²) in [6.45, 7) is 2.72. The average Bonchev–Trinajstić information content (AvgIpc) is 2.45. The molecule has 0 saturated heterocycles. The van der Waals surface area contributed by atoms with Crippen LogP contribution in [-0.2, 0) is 22.4 Å². The fraction of sp³-hybridized carbons (Fsp3) is 0.625. The number of hydrogen-bond acceptors (Lipinski definition) is 3. The summed E-state index contributed by atoms with van der Waals surface area (Å²) in [5, 5.41) is 9.09. The molecule has 118 valence electrons. The van der Waals surface area contributed by atoms with Gasteiger partial charge < -0.3 is 5.11 Å². The van der Waals surface area contributed by atoms with Crippen LogP contribution in [0.5, 0.6) is 0 Å². The highest BCUT2D eigenvalue weighted by Crippen LogP contribution is 2.28. The van der Waals surface area contributed by atoms with Crippen molar-refractivity contribution < 1.29 is 13.5 Å². The first-order valence-electron chi connectivity index (χ1n) is 7.64. The molecule has 1 aliphatic carbocycles. The van der Waals surface area contributed by atoms with Gasteiger partial charge in [-0.3, -0.25) is 0 Å². The molecule has 1 aromatic rings. The Hall–Kier alpha value is -0.910. The van der Waals surface area contributed by atoms with E-state index >= 15 is 0 Å². The molecule has 21 heavy (non-hydrogen) atoms. The van der Waals surface area contributed by atoms with E-state index in [1.807, 2.05) is 0 Å². The molecule has 1 aromatic carbocycles. The van der Waals surface area contributed by atoms with Crippen LogP contribution in [0, 0.1) is 11.8 Å². The Kier molecular flexibility index (Phi) is 5.79. The highest BCUT2D eigenvalue weighted by atomic mass is 32.2. The quantitative estimate of drug-likeness (QED) is 0.848. The number of rotatable bonds is 6. The molecule has 0 amide bonds. The van der Waals surface area contributed by atoms with Gasteiger partial charge in [-0.1, -0.05) is 44.0 Å². The van der Waals surface area contributed by atoms with Crippen LogP contribution < -0.4 is 4.72 Å². The molecule has 0 bridgehead atoms. The lowest BCUT2D eigenvalue weighted by molar-refractivity contribution is 0.281. The second kappa shape index (κ2) is 7.38. The maximum atomic E-state index is 12.2. The Balaban J connectivity index is 1.89. The Morgan fingerprint density at radius 3 is 2.76 bits per heavy atom. The van der Waals surface area contributed by atoms with Gasteiger partial charge in [0.25, 0.3) is 0 Å². The number of aliphatic hydroxyl groups excluding tert-OH is 1. The van der Waals surface area contributed by atoms with Gasteiger partial charge in [0.1, 0.15) is 0 Å². The first-order chi connectivity index (χ1) is 9.98. The first-order valence-corrected chi connectivity index (χ1v) is 9.30. The molecule has 2 unspecified atom stereocenters. The lowest BCUT2D eigenvalue weighted by Crippen LogP contribution is -2.32. The summed E-state index contributed by atoms with van der Waals surface area (Å²) < 4.78 is 27.0. The smallest absolute Gasteiger partial charge is 0.215 e. The number of benzene rings is 1. The molecule has 2 N–H and O–H groups in total. The molecule has 4 nitrogen and oxygen atoms in total. The van der Waals surface area contributed by atoms with Crippen molar-refractivity contribution in [3.63, 3.8) is 0 Å². The molecule has 1 fully saturated rings. The zero-order chi connectivity index (χ0) is 15.3. The Morgan fingerprint density at radius 2 is 2.05 bits per heavy atom. The van der Waals surface area contributed by atoms with Crippen LogP contribution in [0.3, 0.4) is 0 Å². The monoisotopic (exact) mass is 311 g/mol. The van der Waals surface area contributed by atoms with Gasteiger partial charge in [-0.25, -0.2) is 13.1 Å². The van der Waals surface area contributed by atoms with Gasteiger partial charge in [0.2, 0.25) is 10.0 Å². The van der Waals surface area contributed by atoms with Gasteiger partial charge in [0, 0.05) is 6.54 Å². The van der Waals surface area contributed by atoms with Crippen LogP contribution in [0.4, 0.5) is 0 Å². The number of hydrogen-bond donors (Lipinski definition) is 2. The van der Waals surface area contributed by atoms with Crippen molar-refractivity contribution in [2.45, 2.75) is 45.0 Å². The van der Waals surface area contributed by atoms with Gasteiger partial charge >= 0.3 is 0 Å². The molecular formula is C16H25NO3S. The topological polar surface area (TPSA) is 66.4 Å². The van der Waals surface area contributed by atoms with Crippen LogP contribution in [0.1, 0.15) is 43.7 Å². The molecule has 5 heteroatoms. The Morgan fingerprint density at radius 1 is 1.29 bits per heavy atom. The minimum absolute atomic E-state index is 0.0247.